The van der Waals surface area contributed by atoms with E-state index in [4.69, 9.17) is 4.74 Å². The largest absolute Gasteiger partial charge is 0.444 e. The quantitative estimate of drug-likeness (QED) is 0.674. The molecule has 1 N–H and O–H groups in total. The number of nitrogens with zero attached hydrogens (tertiary/aromatic N) is 2. The average Bonchev–Trinajstić information content (AvgIpc) is 3.02. The first kappa shape index (κ1) is 19.9. The van der Waals surface area contributed by atoms with E-state index in [0.29, 0.717) is 0 Å². The Kier molecular flexibility index (Phi) is 5.68. The summed E-state index contributed by atoms with van der Waals surface area (Å²) in [6.07, 6.45) is 3.05. The van der Waals surface area contributed by atoms with E-state index < -0.39 is 11.7 Å². The van der Waals surface area contributed by atoms with Crippen LogP contribution in [-0.2, 0) is 11.2 Å². The molecule has 1 aromatic heterocycles. The van der Waals surface area contributed by atoms with Crippen molar-refractivity contribution in [2.75, 3.05) is 0 Å². The number of carbonyl (C=O) groups is 1. The molecule has 3 rings (SSSR count). The van der Waals surface area contributed by atoms with E-state index in [0.717, 1.165) is 29.4 Å². The van der Waals surface area contributed by atoms with Crippen molar-refractivity contribution in [2.45, 2.75) is 52.2 Å². The summed E-state index contributed by atoms with van der Waals surface area (Å²) in [5, 5.41) is 8.31. The molecule has 0 aliphatic heterocycles. The molecule has 0 aliphatic carbocycles. The molecule has 148 valence electrons. The number of halogens is 1. The topological polar surface area (TPSA) is 56.2 Å². The van der Waals surface area contributed by atoms with E-state index in [1.165, 1.54) is 17.7 Å². The van der Waals surface area contributed by atoms with Crippen LogP contribution in [0.2, 0.25) is 0 Å². The number of aromatic nitrogens is 2. The van der Waals surface area contributed by atoms with Gasteiger partial charge in [0.2, 0.25) is 0 Å². The molecule has 0 bridgehead atoms. The third-order valence-corrected chi connectivity index (χ3v) is 4.33. The van der Waals surface area contributed by atoms with Crippen LogP contribution >= 0.6 is 0 Å². The van der Waals surface area contributed by atoms with Gasteiger partial charge in [0.1, 0.15) is 11.4 Å². The fraction of sp³-hybridized carbons (Fsp3) is 0.364. The van der Waals surface area contributed by atoms with Crippen molar-refractivity contribution in [1.29, 1.82) is 0 Å². The first-order chi connectivity index (χ1) is 13.2. The highest BCUT2D eigenvalue weighted by molar-refractivity contribution is 5.81. The molecule has 0 unspecified atom stereocenters. The van der Waals surface area contributed by atoms with Crippen LogP contribution in [0.3, 0.4) is 0 Å². The van der Waals surface area contributed by atoms with Gasteiger partial charge in [0.25, 0.3) is 0 Å². The van der Waals surface area contributed by atoms with Crippen LogP contribution in [0.5, 0.6) is 0 Å². The van der Waals surface area contributed by atoms with Crippen molar-refractivity contribution >= 4 is 17.0 Å². The maximum absolute atomic E-state index is 13.1. The minimum absolute atomic E-state index is 0.00693. The van der Waals surface area contributed by atoms with E-state index in [9.17, 15) is 9.18 Å². The Bertz CT molecular complexity index is 958. The number of hydrogen-bond donors (Lipinski definition) is 1. The lowest BCUT2D eigenvalue weighted by Crippen LogP contribution is -2.37. The van der Waals surface area contributed by atoms with Crippen molar-refractivity contribution in [1.82, 2.24) is 15.1 Å². The van der Waals surface area contributed by atoms with Crippen LogP contribution in [0.1, 0.15) is 39.7 Å². The number of aryl methyl sites for hydroxylation is 1. The molecule has 0 fully saturated rings. The van der Waals surface area contributed by atoms with Gasteiger partial charge in [0, 0.05) is 11.4 Å². The summed E-state index contributed by atoms with van der Waals surface area (Å²) >= 11 is 0. The SMILES string of the molecule is C[C@@H](CCc1ccc2c(cnn2-c2ccc(F)cc2)c1)NC(=O)OC(C)(C)C. The Morgan fingerprint density at radius 1 is 1.21 bits per heavy atom. The molecule has 6 heteroatoms. The van der Waals surface area contributed by atoms with E-state index in [1.54, 1.807) is 16.8 Å². The maximum Gasteiger partial charge on any atom is 0.407 e. The van der Waals surface area contributed by atoms with Crippen LogP contribution in [0.15, 0.2) is 48.7 Å². The fourth-order valence-electron chi connectivity index (χ4n) is 2.99. The number of hydrogen-bond acceptors (Lipinski definition) is 3. The maximum atomic E-state index is 13.1. The van der Waals surface area contributed by atoms with E-state index >= 15 is 0 Å². The lowest BCUT2D eigenvalue weighted by atomic mass is 10.0. The number of carbonyl (C=O) groups excluding carboxylic acids is 1. The number of fused-ring (bicyclic) bond motifs is 1. The monoisotopic (exact) mass is 383 g/mol. The predicted molar refractivity (Wildman–Crippen MR) is 108 cm³/mol. The predicted octanol–water partition coefficient (Wildman–Crippen LogP) is 5.01. The van der Waals surface area contributed by atoms with Crippen LogP contribution < -0.4 is 5.32 Å². The zero-order chi connectivity index (χ0) is 20.3. The van der Waals surface area contributed by atoms with Crippen LogP contribution in [0.25, 0.3) is 16.6 Å². The van der Waals surface area contributed by atoms with Gasteiger partial charge in [0.05, 0.1) is 17.4 Å². The summed E-state index contributed by atoms with van der Waals surface area (Å²) in [5.41, 5.74) is 2.46. The molecular formula is C22H26FN3O2. The first-order valence-electron chi connectivity index (χ1n) is 9.43. The Morgan fingerprint density at radius 2 is 1.93 bits per heavy atom. The minimum Gasteiger partial charge on any atom is -0.444 e. The first-order valence-corrected chi connectivity index (χ1v) is 9.43. The highest BCUT2D eigenvalue weighted by atomic mass is 19.1. The Hall–Kier alpha value is -2.89. The van der Waals surface area contributed by atoms with Gasteiger partial charge in [-0.15, -0.1) is 0 Å². The molecule has 1 atom stereocenters. The van der Waals surface area contributed by atoms with E-state index in [2.05, 4.69) is 22.5 Å². The van der Waals surface area contributed by atoms with E-state index in [-0.39, 0.29) is 11.9 Å². The number of ether oxygens (including phenoxy) is 1. The van der Waals surface area contributed by atoms with E-state index in [1.807, 2.05) is 40.0 Å². The fourth-order valence-corrected chi connectivity index (χ4v) is 2.99. The number of rotatable bonds is 5. The molecule has 5 nitrogen and oxygen atoms in total. The Balaban J connectivity index is 1.64. The molecule has 3 aromatic rings. The van der Waals surface area contributed by atoms with Gasteiger partial charge in [-0.25, -0.2) is 13.9 Å². The summed E-state index contributed by atoms with van der Waals surface area (Å²) in [6.45, 7) is 7.50. The average molecular weight is 383 g/mol. The summed E-state index contributed by atoms with van der Waals surface area (Å²) in [4.78, 5) is 11.8. The van der Waals surface area contributed by atoms with Crippen LogP contribution in [0, 0.1) is 5.82 Å². The van der Waals surface area contributed by atoms with Gasteiger partial charge in [-0.3, -0.25) is 0 Å². The van der Waals surface area contributed by atoms with Crippen molar-refractivity contribution in [2.24, 2.45) is 0 Å². The van der Waals surface area contributed by atoms with Crippen molar-refractivity contribution < 1.29 is 13.9 Å². The van der Waals surface area contributed by atoms with Crippen molar-refractivity contribution in [3.63, 3.8) is 0 Å². The summed E-state index contributed by atoms with van der Waals surface area (Å²) in [5.74, 6) is -0.267. The molecule has 1 amide bonds. The molecule has 0 radical (unpaired) electrons. The molecule has 0 saturated heterocycles. The van der Waals surface area contributed by atoms with Gasteiger partial charge in [0.15, 0.2) is 0 Å². The zero-order valence-electron chi connectivity index (χ0n) is 16.7. The molecule has 1 heterocycles. The van der Waals surface area contributed by atoms with Gasteiger partial charge < -0.3 is 10.1 Å². The standard InChI is InChI=1S/C22H26FN3O2/c1-15(25-21(27)28-22(2,3)4)5-6-16-7-12-20-17(13-16)14-24-26(20)19-10-8-18(23)9-11-19/h7-15H,5-6H2,1-4H3,(H,25,27)/t15-/m0/s1. The highest BCUT2D eigenvalue weighted by Gasteiger charge is 2.17. The van der Waals surface area contributed by atoms with Crippen molar-refractivity contribution in [3.05, 3.63) is 60.0 Å². The van der Waals surface area contributed by atoms with Gasteiger partial charge in [-0.2, -0.15) is 5.10 Å². The van der Waals surface area contributed by atoms with Gasteiger partial charge in [-0.1, -0.05) is 6.07 Å². The van der Waals surface area contributed by atoms with Crippen molar-refractivity contribution in [3.8, 4) is 5.69 Å². The highest BCUT2D eigenvalue weighted by Crippen LogP contribution is 2.21. The van der Waals surface area contributed by atoms with Gasteiger partial charge in [-0.05, 0) is 82.5 Å². The molecule has 2 aromatic carbocycles. The van der Waals surface area contributed by atoms with Crippen LogP contribution in [-0.4, -0.2) is 27.5 Å². The summed E-state index contributed by atoms with van der Waals surface area (Å²) in [7, 11) is 0. The zero-order valence-corrected chi connectivity index (χ0v) is 16.7. The van der Waals surface area contributed by atoms with Crippen LogP contribution in [0.4, 0.5) is 9.18 Å². The summed E-state index contributed by atoms with van der Waals surface area (Å²) in [6, 6.07) is 12.5. The molecular weight excluding hydrogens is 357 g/mol. The number of amides is 1. The third-order valence-electron chi connectivity index (χ3n) is 4.33. The second kappa shape index (κ2) is 8.00. The van der Waals surface area contributed by atoms with Gasteiger partial charge >= 0.3 is 6.09 Å². The molecule has 0 spiro atoms. The smallest absolute Gasteiger partial charge is 0.407 e. The molecule has 0 aliphatic rings. The number of benzene rings is 2. The normalized spacial score (nSPS) is 12.8. The summed E-state index contributed by atoms with van der Waals surface area (Å²) < 4.78 is 20.2. The molecule has 0 saturated carbocycles. The Morgan fingerprint density at radius 3 is 2.61 bits per heavy atom. The lowest BCUT2D eigenvalue weighted by molar-refractivity contribution is 0.0506. The lowest BCUT2D eigenvalue weighted by Gasteiger charge is -2.22. The Labute approximate surface area is 164 Å². The molecule has 28 heavy (non-hydrogen) atoms. The third kappa shape index (κ3) is 5.09. The number of alkyl carbamates (subject to hydrolysis) is 1. The second-order valence-corrected chi connectivity index (χ2v) is 8.01. The second-order valence-electron chi connectivity index (χ2n) is 8.01. The number of nitrogens with one attached hydrogen (secondary N) is 1. The minimum atomic E-state index is -0.500.